The van der Waals surface area contributed by atoms with Crippen molar-refractivity contribution in [2.24, 2.45) is 11.3 Å². The summed E-state index contributed by atoms with van der Waals surface area (Å²) in [5.74, 6) is 0.624. The number of piperidine rings is 2. The largest absolute Gasteiger partial charge is 0.398 e. The Kier molecular flexibility index (Phi) is 4.32. The average molecular weight is 390 g/mol. The van der Waals surface area contributed by atoms with Gasteiger partial charge in [0, 0.05) is 40.9 Å². The number of rotatable bonds is 4. The molecule has 4 bridgehead atoms. The van der Waals surface area contributed by atoms with E-state index in [4.69, 9.17) is 22.7 Å². The zero-order valence-corrected chi connectivity index (χ0v) is 16.7. The summed E-state index contributed by atoms with van der Waals surface area (Å²) in [6, 6.07) is 5.50. The zero-order valence-electron chi connectivity index (χ0n) is 16.0. The Morgan fingerprint density at radius 2 is 1.96 bits per heavy atom. The molecule has 1 aromatic rings. The number of aliphatic hydroxyl groups is 1. The predicted molar refractivity (Wildman–Crippen MR) is 107 cm³/mol. The molecule has 2 atom stereocenters. The van der Waals surface area contributed by atoms with Crippen molar-refractivity contribution in [3.8, 4) is 0 Å². The van der Waals surface area contributed by atoms with Crippen molar-refractivity contribution in [3.05, 3.63) is 28.8 Å². The maximum atomic E-state index is 13.2. The van der Waals surface area contributed by atoms with E-state index in [1.807, 2.05) is 18.7 Å². The second-order valence-corrected chi connectivity index (χ2v) is 9.83. The molecular weight excluding hydrogens is 362 g/mol. The van der Waals surface area contributed by atoms with E-state index >= 15 is 0 Å². The number of nitrogens with zero attached hydrogens (tertiary/aromatic N) is 1. The molecule has 4 N–H and O–H groups in total. The van der Waals surface area contributed by atoms with Gasteiger partial charge >= 0.3 is 0 Å². The fraction of sp³-hybridized carbons (Fsp3) is 0.619. The zero-order chi connectivity index (χ0) is 19.6. The first-order chi connectivity index (χ1) is 12.6. The van der Waals surface area contributed by atoms with E-state index in [0.29, 0.717) is 40.7 Å². The molecule has 2 unspecified atom stereocenters. The molecule has 0 radical (unpaired) electrons. The van der Waals surface area contributed by atoms with E-state index in [0.717, 1.165) is 19.3 Å². The van der Waals surface area contributed by atoms with E-state index in [9.17, 15) is 9.90 Å². The highest BCUT2D eigenvalue weighted by Gasteiger charge is 2.55. The average Bonchev–Trinajstić information content (AvgIpc) is 2.51. The number of hydrogen-bond acceptors (Lipinski definition) is 4. The summed E-state index contributed by atoms with van der Waals surface area (Å²) in [5.41, 5.74) is 6.08. The number of carbonyl (C=O) groups excluding carboxylic acids is 1. The molecule has 5 rings (SSSR count). The third-order valence-electron chi connectivity index (χ3n) is 6.75. The van der Waals surface area contributed by atoms with E-state index < -0.39 is 11.0 Å². The fourth-order valence-electron chi connectivity index (χ4n) is 5.69. The lowest BCUT2D eigenvalue weighted by Crippen LogP contribution is -2.66. The van der Waals surface area contributed by atoms with E-state index in [-0.39, 0.29) is 24.4 Å². The molecule has 2 aliphatic heterocycles. The summed E-state index contributed by atoms with van der Waals surface area (Å²) in [7, 11) is 0. The molecule has 2 heterocycles. The maximum absolute atomic E-state index is 13.2. The van der Waals surface area contributed by atoms with Crippen LogP contribution in [0.1, 0.15) is 57.9 Å². The molecule has 2 aliphatic carbocycles. The van der Waals surface area contributed by atoms with Gasteiger partial charge < -0.3 is 21.1 Å². The number of amides is 1. The minimum Gasteiger partial charge on any atom is -0.398 e. The summed E-state index contributed by atoms with van der Waals surface area (Å²) in [6.07, 6.45) is 4.53. The van der Waals surface area contributed by atoms with Gasteiger partial charge in [0.05, 0.1) is 10.6 Å². The van der Waals surface area contributed by atoms with E-state index in [2.05, 4.69) is 0 Å². The number of nitrogen functional groups attached to an aromatic ring is 1. The number of anilines is 1. The van der Waals surface area contributed by atoms with Crippen molar-refractivity contribution < 1.29 is 9.90 Å². The van der Waals surface area contributed by atoms with Crippen molar-refractivity contribution in [2.75, 3.05) is 5.73 Å². The number of hydrogen-bond donors (Lipinski definition) is 3. The molecule has 6 heteroatoms. The van der Waals surface area contributed by atoms with Gasteiger partial charge in [-0.25, -0.2) is 0 Å². The topological polar surface area (TPSA) is 90.4 Å². The lowest BCUT2D eigenvalue weighted by Gasteiger charge is -2.60. The van der Waals surface area contributed by atoms with Gasteiger partial charge in [-0.2, -0.15) is 0 Å². The minimum atomic E-state index is -0.679. The number of carbonyl (C=O) groups is 1. The highest BCUT2D eigenvalue weighted by molar-refractivity contribution is 6.35. The van der Waals surface area contributed by atoms with Crippen LogP contribution >= 0.6 is 11.6 Å². The quantitative estimate of drug-likeness (QED) is 0.542. The van der Waals surface area contributed by atoms with Crippen LogP contribution in [0.5, 0.6) is 0 Å². The molecule has 1 amide bonds. The van der Waals surface area contributed by atoms with Crippen LogP contribution in [0.2, 0.25) is 5.02 Å². The molecule has 1 aromatic carbocycles. The third kappa shape index (κ3) is 3.15. The number of nitrogens with one attached hydrogen (secondary N) is 1. The summed E-state index contributed by atoms with van der Waals surface area (Å²) < 4.78 is 0. The summed E-state index contributed by atoms with van der Waals surface area (Å²) >= 11 is 6.29. The first kappa shape index (κ1) is 18.8. The smallest absolute Gasteiger partial charge is 0.224 e. The van der Waals surface area contributed by atoms with Gasteiger partial charge in [-0.1, -0.05) is 31.5 Å². The Bertz CT molecular complexity index is 770. The highest BCUT2D eigenvalue weighted by atomic mass is 35.5. The summed E-state index contributed by atoms with van der Waals surface area (Å²) in [5, 5.41) is 19.9. The minimum absolute atomic E-state index is 0.0766. The number of nitrogens with two attached hydrogens (primary N) is 1. The van der Waals surface area contributed by atoms with Gasteiger partial charge in [-0.15, -0.1) is 0 Å². The second kappa shape index (κ2) is 6.21. The molecule has 2 saturated carbocycles. The standard InChI is InChI=1S/C21H28ClN3O2/c1-20(2,19(24)18-15(22)4-3-5-16(18)23)11-17(26)25-13-6-12-7-14(25)10-21(27,8-12)9-13/h3-5,12-14,24,27H,6-11,23H2,1-2H3. The van der Waals surface area contributed by atoms with Crippen molar-refractivity contribution in [1.29, 1.82) is 5.41 Å². The summed E-state index contributed by atoms with van der Waals surface area (Å²) in [4.78, 5) is 15.3. The monoisotopic (exact) mass is 389 g/mol. The van der Waals surface area contributed by atoms with Crippen LogP contribution in [0, 0.1) is 16.7 Å². The van der Waals surface area contributed by atoms with Gasteiger partial charge in [-0.3, -0.25) is 4.79 Å². The van der Waals surface area contributed by atoms with E-state index in [1.165, 1.54) is 0 Å². The van der Waals surface area contributed by atoms with Gasteiger partial charge in [0.15, 0.2) is 0 Å². The lowest BCUT2D eigenvalue weighted by atomic mass is 9.61. The van der Waals surface area contributed by atoms with Crippen LogP contribution in [0.3, 0.4) is 0 Å². The van der Waals surface area contributed by atoms with Crippen molar-refractivity contribution in [2.45, 2.75) is 70.1 Å². The van der Waals surface area contributed by atoms with Crippen molar-refractivity contribution in [1.82, 2.24) is 4.90 Å². The Morgan fingerprint density at radius 1 is 1.33 bits per heavy atom. The number of benzene rings is 1. The van der Waals surface area contributed by atoms with Gasteiger partial charge in [0.25, 0.3) is 0 Å². The molecule has 27 heavy (non-hydrogen) atoms. The Labute approximate surface area is 165 Å². The fourth-order valence-corrected chi connectivity index (χ4v) is 5.97. The molecule has 4 fully saturated rings. The first-order valence-electron chi connectivity index (χ1n) is 9.76. The van der Waals surface area contributed by atoms with Crippen molar-refractivity contribution in [3.63, 3.8) is 0 Å². The van der Waals surface area contributed by atoms with Gasteiger partial charge in [-0.05, 0) is 50.2 Å². The second-order valence-electron chi connectivity index (χ2n) is 9.42. The molecule has 0 aromatic heterocycles. The molecule has 4 aliphatic rings. The van der Waals surface area contributed by atoms with Crippen LogP contribution in [0.15, 0.2) is 18.2 Å². The number of halogens is 1. The SMILES string of the molecule is CC(C)(CC(=O)N1C2CC3CC1CC(O)(C3)C2)C(=N)c1c(N)cccc1Cl. The Morgan fingerprint density at radius 3 is 2.52 bits per heavy atom. The van der Waals surface area contributed by atoms with Crippen molar-refractivity contribution >= 4 is 28.9 Å². The normalized spacial score (nSPS) is 32.0. The van der Waals surface area contributed by atoms with Crippen LogP contribution in [-0.2, 0) is 4.79 Å². The first-order valence-corrected chi connectivity index (χ1v) is 10.1. The maximum Gasteiger partial charge on any atom is 0.224 e. The molecule has 2 saturated heterocycles. The van der Waals surface area contributed by atoms with Gasteiger partial charge in [0.2, 0.25) is 5.91 Å². The predicted octanol–water partition coefficient (Wildman–Crippen LogP) is 3.61. The third-order valence-corrected chi connectivity index (χ3v) is 7.07. The Balaban J connectivity index is 1.53. The lowest BCUT2D eigenvalue weighted by molar-refractivity contribution is -0.175. The molecular formula is C21H28ClN3O2. The molecule has 5 nitrogen and oxygen atoms in total. The van der Waals surface area contributed by atoms with Crippen LogP contribution in [0.4, 0.5) is 5.69 Å². The van der Waals surface area contributed by atoms with Gasteiger partial charge in [0.1, 0.15) is 0 Å². The summed E-state index contributed by atoms with van der Waals surface area (Å²) in [6.45, 7) is 3.81. The highest BCUT2D eigenvalue weighted by Crippen LogP contribution is 2.51. The van der Waals surface area contributed by atoms with Crippen LogP contribution < -0.4 is 5.73 Å². The van der Waals surface area contributed by atoms with Crippen LogP contribution in [-0.4, -0.2) is 39.3 Å². The molecule has 146 valence electrons. The van der Waals surface area contributed by atoms with E-state index in [1.54, 1.807) is 18.2 Å². The molecule has 0 spiro atoms. The van der Waals surface area contributed by atoms with Crippen LogP contribution in [0.25, 0.3) is 0 Å². The Hall–Kier alpha value is -1.59.